The average molecular weight is 302 g/mol. The number of phenolic OH excluding ortho intramolecular Hbond substituents is 1. The number of hydrogen-bond acceptors (Lipinski definition) is 4. The van der Waals surface area contributed by atoms with Gasteiger partial charge in [0.25, 0.3) is 5.91 Å². The Bertz CT molecular complexity index is 624. The van der Waals surface area contributed by atoms with E-state index in [4.69, 9.17) is 0 Å². The van der Waals surface area contributed by atoms with Crippen LogP contribution in [0.25, 0.3) is 6.08 Å². The van der Waals surface area contributed by atoms with E-state index in [9.17, 15) is 9.90 Å². The number of hydrogen-bond donors (Lipinski definition) is 1. The Labute approximate surface area is 128 Å². The lowest BCUT2D eigenvalue weighted by atomic mass is 10.0. The SMILES string of the molecule is C[C@H]1CCCN(C2=NC(=O)C(=Cc3cccc(O)c3)S2)C1. The number of carbonyl (C=O) groups excluding carboxylic acids is 1. The van der Waals surface area contributed by atoms with Crippen LogP contribution in [0.1, 0.15) is 25.3 Å². The number of aliphatic imine (C=N–C) groups is 1. The number of piperidine rings is 1. The Morgan fingerprint density at radius 1 is 1.48 bits per heavy atom. The minimum Gasteiger partial charge on any atom is -0.508 e. The second-order valence-corrected chi connectivity index (χ2v) is 6.61. The number of aromatic hydroxyl groups is 1. The molecule has 110 valence electrons. The summed E-state index contributed by atoms with van der Waals surface area (Å²) in [6.45, 7) is 4.18. The maximum absolute atomic E-state index is 12.0. The second kappa shape index (κ2) is 5.93. The number of nitrogens with zero attached hydrogens (tertiary/aromatic N) is 2. The van der Waals surface area contributed by atoms with Gasteiger partial charge in [-0.15, -0.1) is 0 Å². The number of phenols is 1. The fraction of sp³-hybridized carbons (Fsp3) is 0.375. The highest BCUT2D eigenvalue weighted by atomic mass is 32.2. The van der Waals surface area contributed by atoms with Crippen molar-refractivity contribution in [1.29, 1.82) is 0 Å². The number of rotatable bonds is 1. The predicted octanol–water partition coefficient (Wildman–Crippen LogP) is 3.09. The lowest BCUT2D eigenvalue weighted by Crippen LogP contribution is -2.37. The zero-order chi connectivity index (χ0) is 14.8. The number of amidine groups is 1. The van der Waals surface area contributed by atoms with Gasteiger partial charge >= 0.3 is 0 Å². The van der Waals surface area contributed by atoms with E-state index >= 15 is 0 Å². The molecule has 2 heterocycles. The fourth-order valence-corrected chi connectivity index (χ4v) is 3.61. The first-order chi connectivity index (χ1) is 10.1. The lowest BCUT2D eigenvalue weighted by molar-refractivity contribution is -0.113. The van der Waals surface area contributed by atoms with E-state index < -0.39 is 0 Å². The van der Waals surface area contributed by atoms with E-state index in [0.717, 1.165) is 30.2 Å². The number of carbonyl (C=O) groups is 1. The van der Waals surface area contributed by atoms with Crippen molar-refractivity contribution >= 4 is 28.9 Å². The van der Waals surface area contributed by atoms with Gasteiger partial charge in [0.2, 0.25) is 0 Å². The summed E-state index contributed by atoms with van der Waals surface area (Å²) >= 11 is 1.43. The molecular weight excluding hydrogens is 284 g/mol. The van der Waals surface area contributed by atoms with Gasteiger partial charge in [-0.25, -0.2) is 0 Å². The summed E-state index contributed by atoms with van der Waals surface area (Å²) in [5, 5.41) is 10.3. The molecular formula is C16H18N2O2S. The van der Waals surface area contributed by atoms with E-state index in [-0.39, 0.29) is 11.7 Å². The van der Waals surface area contributed by atoms with E-state index in [0.29, 0.717) is 10.8 Å². The third-order valence-electron chi connectivity index (χ3n) is 3.70. The summed E-state index contributed by atoms with van der Waals surface area (Å²) in [6, 6.07) is 6.88. The van der Waals surface area contributed by atoms with Crippen molar-refractivity contribution in [3.8, 4) is 5.75 Å². The normalized spacial score (nSPS) is 24.5. The van der Waals surface area contributed by atoms with E-state index in [1.54, 1.807) is 24.3 Å². The standard InChI is InChI=1S/C16H18N2O2S/c1-11-4-3-7-18(10-11)16-17-15(20)14(21-16)9-12-5-2-6-13(19)8-12/h2,5-6,8-9,11,19H,3-4,7,10H2,1H3/t11-/m0/s1. The molecule has 2 aliphatic rings. The predicted molar refractivity (Wildman–Crippen MR) is 86.1 cm³/mol. The summed E-state index contributed by atoms with van der Waals surface area (Å²) in [5.74, 6) is 0.665. The summed E-state index contributed by atoms with van der Waals surface area (Å²) in [5.41, 5.74) is 0.814. The van der Waals surface area contributed by atoms with Gasteiger partial charge in [0.1, 0.15) is 5.75 Å². The van der Waals surface area contributed by atoms with Crippen molar-refractivity contribution in [2.75, 3.05) is 13.1 Å². The Morgan fingerprint density at radius 2 is 2.33 bits per heavy atom. The molecule has 1 aromatic carbocycles. The van der Waals surface area contributed by atoms with Crippen LogP contribution in [-0.4, -0.2) is 34.2 Å². The number of thioether (sulfide) groups is 1. The Hall–Kier alpha value is -1.75. The van der Waals surface area contributed by atoms with E-state index in [1.165, 1.54) is 18.2 Å². The van der Waals surface area contributed by atoms with Gasteiger partial charge < -0.3 is 10.0 Å². The molecule has 1 fully saturated rings. The molecule has 1 amide bonds. The van der Waals surface area contributed by atoms with Gasteiger partial charge in [-0.05, 0) is 54.3 Å². The minimum absolute atomic E-state index is 0.184. The number of amides is 1. The van der Waals surface area contributed by atoms with Crippen LogP contribution in [0.2, 0.25) is 0 Å². The quantitative estimate of drug-likeness (QED) is 0.810. The summed E-state index contributed by atoms with van der Waals surface area (Å²) in [4.78, 5) is 19.0. The monoisotopic (exact) mass is 302 g/mol. The van der Waals surface area contributed by atoms with Crippen LogP contribution in [0.5, 0.6) is 5.75 Å². The van der Waals surface area contributed by atoms with Gasteiger partial charge in [-0.2, -0.15) is 4.99 Å². The minimum atomic E-state index is -0.184. The van der Waals surface area contributed by atoms with Crippen LogP contribution in [0.4, 0.5) is 0 Å². The average Bonchev–Trinajstić information content (AvgIpc) is 2.80. The second-order valence-electron chi connectivity index (χ2n) is 5.60. The van der Waals surface area contributed by atoms with Gasteiger partial charge in [0, 0.05) is 13.1 Å². The lowest BCUT2D eigenvalue weighted by Gasteiger charge is -2.31. The summed E-state index contributed by atoms with van der Waals surface area (Å²) in [7, 11) is 0. The van der Waals surface area contributed by atoms with Crippen molar-refractivity contribution < 1.29 is 9.90 Å². The highest BCUT2D eigenvalue weighted by Gasteiger charge is 2.28. The Kier molecular flexibility index (Phi) is 4.01. The fourth-order valence-electron chi connectivity index (χ4n) is 2.66. The number of likely N-dealkylation sites (tertiary alicyclic amines) is 1. The van der Waals surface area contributed by atoms with Crippen molar-refractivity contribution in [2.24, 2.45) is 10.9 Å². The van der Waals surface area contributed by atoms with Crippen molar-refractivity contribution in [1.82, 2.24) is 4.90 Å². The molecule has 0 bridgehead atoms. The maximum atomic E-state index is 12.0. The molecule has 1 aromatic rings. The first-order valence-corrected chi connectivity index (χ1v) is 8.00. The molecule has 2 aliphatic heterocycles. The van der Waals surface area contributed by atoms with Gasteiger partial charge in [0.05, 0.1) is 4.91 Å². The molecule has 21 heavy (non-hydrogen) atoms. The highest BCUT2D eigenvalue weighted by Crippen LogP contribution is 2.32. The molecule has 0 unspecified atom stereocenters. The molecule has 0 spiro atoms. The molecule has 0 aromatic heterocycles. The molecule has 0 saturated carbocycles. The molecule has 4 nitrogen and oxygen atoms in total. The highest BCUT2D eigenvalue weighted by molar-refractivity contribution is 8.18. The van der Waals surface area contributed by atoms with Crippen LogP contribution in [0.15, 0.2) is 34.2 Å². The Morgan fingerprint density at radius 3 is 3.10 bits per heavy atom. The van der Waals surface area contributed by atoms with Crippen LogP contribution in [0.3, 0.4) is 0 Å². The smallest absolute Gasteiger partial charge is 0.286 e. The Balaban J connectivity index is 1.75. The van der Waals surface area contributed by atoms with Crippen LogP contribution < -0.4 is 0 Å². The van der Waals surface area contributed by atoms with E-state index in [2.05, 4.69) is 16.8 Å². The molecule has 0 aliphatic carbocycles. The van der Waals surface area contributed by atoms with Crippen molar-refractivity contribution in [3.05, 3.63) is 34.7 Å². The molecule has 0 radical (unpaired) electrons. The van der Waals surface area contributed by atoms with Crippen LogP contribution in [0, 0.1) is 5.92 Å². The van der Waals surface area contributed by atoms with Gasteiger partial charge in [0.15, 0.2) is 5.17 Å². The zero-order valence-electron chi connectivity index (χ0n) is 12.0. The van der Waals surface area contributed by atoms with Gasteiger partial charge in [-0.3, -0.25) is 4.79 Å². The summed E-state index contributed by atoms with van der Waals surface area (Å²) in [6.07, 6.45) is 4.19. The first-order valence-electron chi connectivity index (χ1n) is 7.18. The van der Waals surface area contributed by atoms with Crippen LogP contribution >= 0.6 is 11.8 Å². The molecule has 3 rings (SSSR count). The van der Waals surface area contributed by atoms with Crippen molar-refractivity contribution in [3.63, 3.8) is 0 Å². The molecule has 1 N–H and O–H groups in total. The molecule has 1 atom stereocenters. The van der Waals surface area contributed by atoms with Crippen molar-refractivity contribution in [2.45, 2.75) is 19.8 Å². The molecule has 5 heteroatoms. The zero-order valence-corrected chi connectivity index (χ0v) is 12.8. The number of benzene rings is 1. The summed E-state index contributed by atoms with van der Waals surface area (Å²) < 4.78 is 0. The third-order valence-corrected chi connectivity index (χ3v) is 4.75. The largest absolute Gasteiger partial charge is 0.508 e. The maximum Gasteiger partial charge on any atom is 0.286 e. The topological polar surface area (TPSA) is 52.9 Å². The van der Waals surface area contributed by atoms with Gasteiger partial charge in [-0.1, -0.05) is 19.1 Å². The van der Waals surface area contributed by atoms with E-state index in [1.807, 2.05) is 6.07 Å². The van der Waals surface area contributed by atoms with Crippen LogP contribution in [-0.2, 0) is 4.79 Å². The third kappa shape index (κ3) is 3.29. The first kappa shape index (κ1) is 14.2. The molecule has 1 saturated heterocycles.